The van der Waals surface area contributed by atoms with Gasteiger partial charge < -0.3 is 15.1 Å². The first-order chi connectivity index (χ1) is 13.5. The Hall–Kier alpha value is -2.96. The second-order valence-corrected chi connectivity index (χ2v) is 5.65. The van der Waals surface area contributed by atoms with E-state index in [2.05, 4.69) is 9.97 Å². The Labute approximate surface area is 179 Å². The summed E-state index contributed by atoms with van der Waals surface area (Å²) >= 11 is 0. The average molecular weight is 437 g/mol. The van der Waals surface area contributed by atoms with E-state index in [4.69, 9.17) is 0 Å². The zero-order valence-electron chi connectivity index (χ0n) is 15.5. The molecule has 3 rings (SSSR count). The minimum absolute atomic E-state index is 0. The van der Waals surface area contributed by atoms with E-state index in [-0.39, 0.29) is 34.3 Å². The molecule has 1 N–H and O–H groups in total. The molecule has 1 aliphatic rings. The maximum Gasteiger partial charge on any atom is 2.00 e. The second kappa shape index (κ2) is 12.5. The number of amides is 1. The molecule has 4 nitrogen and oxygen atoms in total. The number of carbonyl (C=O) groups is 1. The van der Waals surface area contributed by atoms with Crippen LogP contribution < -0.4 is 15.1 Å². The first-order valence-electron chi connectivity index (χ1n) is 8.43. The van der Waals surface area contributed by atoms with Gasteiger partial charge in [-0.25, -0.2) is 20.8 Å². The van der Waals surface area contributed by atoms with Crippen molar-refractivity contribution in [2.45, 2.75) is 6.92 Å². The van der Waals surface area contributed by atoms with Gasteiger partial charge in [0.25, 0.3) is 0 Å². The molecule has 0 aromatic heterocycles. The number of carbonyl (C=O) groups excluding carboxylic acids is 1. The summed E-state index contributed by atoms with van der Waals surface area (Å²) < 4.78 is 29.3. The predicted molar refractivity (Wildman–Crippen MR) is 106 cm³/mol. The van der Waals surface area contributed by atoms with E-state index in [0.717, 1.165) is 5.57 Å². The van der Waals surface area contributed by atoms with Crippen LogP contribution in [0.2, 0.25) is 0 Å². The summed E-state index contributed by atoms with van der Waals surface area (Å²) in [7, 11) is -3.05. The van der Waals surface area contributed by atoms with E-state index in [9.17, 15) is 18.5 Å². The third-order valence-electron chi connectivity index (χ3n) is 3.45. The Morgan fingerprint density at radius 3 is 2.38 bits per heavy atom. The van der Waals surface area contributed by atoms with Crippen molar-refractivity contribution in [3.63, 3.8) is 0 Å². The summed E-state index contributed by atoms with van der Waals surface area (Å²) in [5.74, 6) is -1.08. The van der Waals surface area contributed by atoms with Crippen molar-refractivity contribution in [2.75, 3.05) is 5.32 Å². The van der Waals surface area contributed by atoms with Gasteiger partial charge in [-0.05, 0) is 23.8 Å². The van der Waals surface area contributed by atoms with Crippen molar-refractivity contribution >= 4 is 24.8 Å². The SMILES string of the molecule is CC(=O)Nc1ccc(OB(F)F)c(C([O-])=CC=C2C=CC=C2)c1.[Fe+2].c1cc[cH-]c1. The van der Waals surface area contributed by atoms with Crippen LogP contribution in [0, 0.1) is 0 Å². The van der Waals surface area contributed by atoms with Crippen LogP contribution in [0.3, 0.4) is 0 Å². The minimum atomic E-state index is -3.05. The molecule has 0 heterocycles. The number of hydrogen-bond acceptors (Lipinski definition) is 3. The molecular weight excluding hydrogens is 419 g/mol. The number of halogens is 2. The van der Waals surface area contributed by atoms with Crippen molar-refractivity contribution < 1.29 is 40.3 Å². The van der Waals surface area contributed by atoms with Gasteiger partial charge in [-0.1, -0.05) is 42.2 Å². The zero-order valence-corrected chi connectivity index (χ0v) is 16.6. The van der Waals surface area contributed by atoms with Crippen LogP contribution in [-0.2, 0) is 21.9 Å². The van der Waals surface area contributed by atoms with Crippen molar-refractivity contribution in [3.05, 3.63) is 96.1 Å². The van der Waals surface area contributed by atoms with Crippen LogP contribution >= 0.6 is 0 Å². The molecule has 1 amide bonds. The number of rotatable bonds is 5. The molecule has 0 atom stereocenters. The van der Waals surface area contributed by atoms with Crippen LogP contribution in [0.4, 0.5) is 14.3 Å². The monoisotopic (exact) mass is 437 g/mol. The van der Waals surface area contributed by atoms with E-state index in [1.807, 2.05) is 42.5 Å². The van der Waals surface area contributed by atoms with Crippen molar-refractivity contribution in [1.82, 2.24) is 0 Å². The molecule has 150 valence electrons. The summed E-state index contributed by atoms with van der Waals surface area (Å²) in [5.41, 5.74) is 1.08. The van der Waals surface area contributed by atoms with Crippen LogP contribution in [-0.4, -0.2) is 13.4 Å². The van der Waals surface area contributed by atoms with Gasteiger partial charge >= 0.3 is 24.5 Å². The standard InChI is InChI=1S/C16H14BF2NO3.C5H5.Fe/c1-11(21)20-13-7-9-16(23-17(18)19)14(10-13)15(22)8-6-12-4-2-3-5-12;1-2-4-5-3-1;/h2-10,22H,1H3,(H,20,21);1-5H;/q;-1;+2/p-1. The summed E-state index contributed by atoms with van der Waals surface area (Å²) in [5, 5.41) is 14.7. The molecule has 2 aromatic carbocycles. The van der Waals surface area contributed by atoms with Crippen LogP contribution in [0.15, 0.2) is 90.6 Å². The molecule has 0 unspecified atom stereocenters. The molecule has 0 aliphatic heterocycles. The van der Waals surface area contributed by atoms with Gasteiger partial charge in [0.1, 0.15) is 5.75 Å². The minimum Gasteiger partial charge on any atom is -0.872 e. The molecule has 0 saturated carbocycles. The molecule has 0 spiro atoms. The molecule has 0 saturated heterocycles. The van der Waals surface area contributed by atoms with Gasteiger partial charge in [-0.2, -0.15) is 18.2 Å². The Bertz CT molecular complexity index is 875. The number of anilines is 1. The van der Waals surface area contributed by atoms with E-state index >= 15 is 0 Å². The first-order valence-corrected chi connectivity index (χ1v) is 8.43. The average Bonchev–Trinajstić information content (AvgIpc) is 3.36. The largest absolute Gasteiger partial charge is 2.00 e. The van der Waals surface area contributed by atoms with Crippen molar-refractivity contribution in [3.8, 4) is 5.75 Å². The maximum absolute atomic E-state index is 12.5. The fourth-order valence-electron chi connectivity index (χ4n) is 2.28. The third-order valence-corrected chi connectivity index (χ3v) is 3.45. The zero-order chi connectivity index (χ0) is 20.4. The molecule has 2 aromatic rings. The smallest absolute Gasteiger partial charge is 0.872 e. The summed E-state index contributed by atoms with van der Waals surface area (Å²) in [6.07, 6.45) is 10.1. The number of hydrogen-bond donors (Lipinski definition) is 1. The Morgan fingerprint density at radius 2 is 1.86 bits per heavy atom. The topological polar surface area (TPSA) is 61.4 Å². The maximum atomic E-state index is 12.5. The summed E-state index contributed by atoms with van der Waals surface area (Å²) in [6, 6.07) is 13.9. The van der Waals surface area contributed by atoms with E-state index in [1.165, 1.54) is 31.2 Å². The number of nitrogens with one attached hydrogen (secondary N) is 1. The van der Waals surface area contributed by atoms with E-state index in [0.29, 0.717) is 5.69 Å². The molecule has 8 heteroatoms. The van der Waals surface area contributed by atoms with E-state index < -0.39 is 13.2 Å². The van der Waals surface area contributed by atoms with Crippen molar-refractivity contribution in [1.29, 1.82) is 0 Å². The van der Waals surface area contributed by atoms with Gasteiger partial charge in [0.15, 0.2) is 0 Å². The Balaban J connectivity index is 0.000000610. The normalized spacial score (nSPS) is 11.8. The van der Waals surface area contributed by atoms with Crippen molar-refractivity contribution in [2.24, 2.45) is 0 Å². The fraction of sp³-hybridized carbons (Fsp3) is 0.0476. The van der Waals surface area contributed by atoms with E-state index in [1.54, 1.807) is 18.2 Å². The molecule has 0 radical (unpaired) electrons. The molecule has 29 heavy (non-hydrogen) atoms. The van der Waals surface area contributed by atoms with Gasteiger partial charge in [0.2, 0.25) is 5.91 Å². The van der Waals surface area contributed by atoms with Gasteiger partial charge in [0, 0.05) is 18.2 Å². The predicted octanol–water partition coefficient (Wildman–Crippen LogP) is 4.10. The van der Waals surface area contributed by atoms with Crippen LogP contribution in [0.1, 0.15) is 12.5 Å². The summed E-state index contributed by atoms with van der Waals surface area (Å²) in [4.78, 5) is 11.1. The molecular formula is C21H18BF2FeNO3. The van der Waals surface area contributed by atoms with Gasteiger partial charge in [-0.15, -0.1) is 0 Å². The van der Waals surface area contributed by atoms with Gasteiger partial charge in [0.05, 0.1) is 0 Å². The number of allylic oxidation sites excluding steroid dienone is 7. The van der Waals surface area contributed by atoms with Crippen LogP contribution in [0.5, 0.6) is 5.75 Å². The Kier molecular flexibility index (Phi) is 10.4. The van der Waals surface area contributed by atoms with Crippen LogP contribution in [0.25, 0.3) is 5.76 Å². The number of benzene rings is 1. The third kappa shape index (κ3) is 8.72. The second-order valence-electron chi connectivity index (χ2n) is 5.65. The molecule has 0 bridgehead atoms. The quantitative estimate of drug-likeness (QED) is 0.436. The Morgan fingerprint density at radius 1 is 1.21 bits per heavy atom. The molecule has 1 aliphatic carbocycles. The molecule has 0 fully saturated rings. The fourth-order valence-corrected chi connectivity index (χ4v) is 2.28. The van der Waals surface area contributed by atoms with Gasteiger partial charge in [-0.3, -0.25) is 4.79 Å². The summed E-state index contributed by atoms with van der Waals surface area (Å²) in [6.45, 7) is 1.31. The first kappa shape index (κ1) is 24.1.